The maximum atomic E-state index is 13.1. The lowest BCUT2D eigenvalue weighted by Crippen LogP contribution is -2.13. The number of carboxylic acid groups (broad SMARTS) is 1. The van der Waals surface area contributed by atoms with Gasteiger partial charge in [-0.15, -0.1) is 0 Å². The molecular formula is C28H29N3O3. The Morgan fingerprint density at radius 1 is 1.06 bits per heavy atom. The number of nitrogens with one attached hydrogen (secondary N) is 2. The van der Waals surface area contributed by atoms with Gasteiger partial charge in [0.1, 0.15) is 0 Å². The van der Waals surface area contributed by atoms with Gasteiger partial charge in [0.2, 0.25) is 0 Å². The number of carbonyl (C=O) groups excluding carboxylic acids is 1. The Morgan fingerprint density at radius 2 is 1.82 bits per heavy atom. The molecule has 0 aliphatic carbocycles. The summed E-state index contributed by atoms with van der Waals surface area (Å²) < 4.78 is 0. The van der Waals surface area contributed by atoms with Gasteiger partial charge in [0, 0.05) is 28.6 Å². The van der Waals surface area contributed by atoms with Gasteiger partial charge >= 0.3 is 5.97 Å². The van der Waals surface area contributed by atoms with E-state index in [0.29, 0.717) is 23.6 Å². The summed E-state index contributed by atoms with van der Waals surface area (Å²) in [5, 5.41) is 20.2. The van der Waals surface area contributed by atoms with E-state index in [0.717, 1.165) is 39.6 Å². The van der Waals surface area contributed by atoms with Crippen molar-refractivity contribution < 1.29 is 14.7 Å². The topological polar surface area (TPSA) is 95.1 Å². The summed E-state index contributed by atoms with van der Waals surface area (Å²) in [4.78, 5) is 24.3. The minimum Gasteiger partial charge on any atom is -0.481 e. The van der Waals surface area contributed by atoms with Crippen LogP contribution in [0.5, 0.6) is 0 Å². The molecule has 6 nitrogen and oxygen atoms in total. The van der Waals surface area contributed by atoms with Crippen molar-refractivity contribution >= 4 is 28.5 Å². The lowest BCUT2D eigenvalue weighted by Gasteiger charge is -2.16. The fourth-order valence-corrected chi connectivity index (χ4v) is 4.17. The SMILES string of the molecule is Cc1cc(NC(=O)c2ccc(CC(C)C)cc2)c(-c2ccc3[nH]ncc3c2)cc1CCC(=O)O. The summed E-state index contributed by atoms with van der Waals surface area (Å²) in [6, 6.07) is 17.6. The van der Waals surface area contributed by atoms with Crippen molar-refractivity contribution in [1.29, 1.82) is 0 Å². The third-order valence-electron chi connectivity index (χ3n) is 5.94. The average Bonchev–Trinajstić information content (AvgIpc) is 3.26. The lowest BCUT2D eigenvalue weighted by molar-refractivity contribution is -0.136. The zero-order valence-corrected chi connectivity index (χ0v) is 19.7. The predicted octanol–water partition coefficient (Wildman–Crippen LogP) is 6.01. The predicted molar refractivity (Wildman–Crippen MR) is 135 cm³/mol. The monoisotopic (exact) mass is 455 g/mol. The standard InChI is InChI=1S/C28H29N3O3/c1-17(2)12-19-4-6-20(7-5-19)28(34)30-26-13-18(3)21(9-11-27(32)33)15-24(26)22-8-10-25-23(14-22)16-29-31-25/h4-8,10,13-17H,9,11-12H2,1-3H3,(H,29,31)(H,30,34)(H,32,33). The minimum atomic E-state index is -0.834. The number of rotatable bonds is 8. The molecule has 0 saturated heterocycles. The molecule has 1 heterocycles. The van der Waals surface area contributed by atoms with E-state index in [4.69, 9.17) is 5.11 Å². The number of aliphatic carboxylic acids is 1. The zero-order chi connectivity index (χ0) is 24.2. The Labute approximate surface area is 199 Å². The zero-order valence-electron chi connectivity index (χ0n) is 19.7. The van der Waals surface area contributed by atoms with Gasteiger partial charge in [-0.2, -0.15) is 5.10 Å². The summed E-state index contributed by atoms with van der Waals surface area (Å²) in [5.74, 6) is -0.462. The van der Waals surface area contributed by atoms with E-state index in [1.807, 2.05) is 61.5 Å². The molecule has 0 aliphatic rings. The number of hydrogen-bond donors (Lipinski definition) is 3. The number of hydrogen-bond acceptors (Lipinski definition) is 3. The van der Waals surface area contributed by atoms with Crippen molar-refractivity contribution in [3.8, 4) is 11.1 Å². The molecule has 4 aromatic rings. The normalized spacial score (nSPS) is 11.2. The number of aromatic nitrogens is 2. The van der Waals surface area contributed by atoms with Gasteiger partial charge in [0.05, 0.1) is 11.7 Å². The van der Waals surface area contributed by atoms with Crippen molar-refractivity contribution in [3.63, 3.8) is 0 Å². The van der Waals surface area contributed by atoms with Crippen LogP contribution in [0.1, 0.15) is 47.3 Å². The van der Waals surface area contributed by atoms with E-state index in [2.05, 4.69) is 29.4 Å². The smallest absolute Gasteiger partial charge is 0.303 e. The molecule has 0 fully saturated rings. The summed E-state index contributed by atoms with van der Waals surface area (Å²) in [6.45, 7) is 6.29. The molecule has 174 valence electrons. The summed E-state index contributed by atoms with van der Waals surface area (Å²) in [6.07, 6.45) is 3.21. The molecule has 0 bridgehead atoms. The first-order valence-electron chi connectivity index (χ1n) is 11.5. The minimum absolute atomic E-state index is 0.0511. The van der Waals surface area contributed by atoms with Crippen LogP contribution < -0.4 is 5.32 Å². The van der Waals surface area contributed by atoms with Crippen LogP contribution in [-0.2, 0) is 17.6 Å². The Balaban J connectivity index is 1.69. The van der Waals surface area contributed by atoms with Crippen LogP contribution in [0.4, 0.5) is 5.69 Å². The molecule has 34 heavy (non-hydrogen) atoms. The highest BCUT2D eigenvalue weighted by Crippen LogP contribution is 2.33. The van der Waals surface area contributed by atoms with Crippen LogP contribution in [0.2, 0.25) is 0 Å². The van der Waals surface area contributed by atoms with Gasteiger partial charge in [-0.25, -0.2) is 0 Å². The Morgan fingerprint density at radius 3 is 2.53 bits per heavy atom. The van der Waals surface area contributed by atoms with Gasteiger partial charge in [-0.05, 0) is 84.3 Å². The average molecular weight is 456 g/mol. The number of anilines is 1. The first-order valence-corrected chi connectivity index (χ1v) is 11.5. The van der Waals surface area contributed by atoms with Crippen molar-refractivity contribution in [3.05, 3.63) is 83.0 Å². The van der Waals surface area contributed by atoms with E-state index < -0.39 is 5.97 Å². The van der Waals surface area contributed by atoms with Crippen LogP contribution in [-0.4, -0.2) is 27.2 Å². The second-order valence-corrected chi connectivity index (χ2v) is 9.14. The van der Waals surface area contributed by atoms with Gasteiger partial charge in [-0.1, -0.05) is 32.0 Å². The van der Waals surface area contributed by atoms with Gasteiger partial charge in [0.25, 0.3) is 5.91 Å². The van der Waals surface area contributed by atoms with E-state index in [-0.39, 0.29) is 12.3 Å². The molecular weight excluding hydrogens is 426 g/mol. The number of fused-ring (bicyclic) bond motifs is 1. The highest BCUT2D eigenvalue weighted by molar-refractivity contribution is 6.06. The molecule has 0 spiro atoms. The number of amides is 1. The Hall–Kier alpha value is -3.93. The number of aromatic amines is 1. The fraction of sp³-hybridized carbons (Fsp3) is 0.250. The maximum absolute atomic E-state index is 13.1. The quantitative estimate of drug-likeness (QED) is 0.303. The van der Waals surface area contributed by atoms with E-state index in [1.165, 1.54) is 5.56 Å². The van der Waals surface area contributed by atoms with Crippen molar-refractivity contribution in [1.82, 2.24) is 10.2 Å². The summed E-state index contributed by atoms with van der Waals surface area (Å²) >= 11 is 0. The molecule has 0 unspecified atom stereocenters. The molecule has 0 saturated carbocycles. The number of H-pyrrole nitrogens is 1. The summed E-state index contributed by atoms with van der Waals surface area (Å²) in [7, 11) is 0. The van der Waals surface area contributed by atoms with Gasteiger partial charge in [0.15, 0.2) is 0 Å². The number of carboxylic acids is 1. The van der Waals surface area contributed by atoms with Crippen LogP contribution >= 0.6 is 0 Å². The number of carbonyl (C=O) groups is 2. The third-order valence-corrected chi connectivity index (χ3v) is 5.94. The maximum Gasteiger partial charge on any atom is 0.303 e. The number of aryl methyl sites for hydroxylation is 2. The lowest BCUT2D eigenvalue weighted by atomic mass is 9.94. The van der Waals surface area contributed by atoms with E-state index in [1.54, 1.807) is 6.20 Å². The highest BCUT2D eigenvalue weighted by Gasteiger charge is 2.15. The molecule has 0 aliphatic heterocycles. The molecule has 4 rings (SSSR count). The highest BCUT2D eigenvalue weighted by atomic mass is 16.4. The largest absolute Gasteiger partial charge is 0.481 e. The fourth-order valence-electron chi connectivity index (χ4n) is 4.17. The van der Waals surface area contributed by atoms with E-state index in [9.17, 15) is 9.59 Å². The molecule has 1 aromatic heterocycles. The first kappa shape index (κ1) is 23.2. The van der Waals surface area contributed by atoms with Crippen molar-refractivity contribution in [2.24, 2.45) is 5.92 Å². The van der Waals surface area contributed by atoms with Crippen LogP contribution in [0.3, 0.4) is 0 Å². The second kappa shape index (κ2) is 9.91. The van der Waals surface area contributed by atoms with Gasteiger partial charge in [-0.3, -0.25) is 14.7 Å². The Kier molecular flexibility index (Phi) is 6.77. The van der Waals surface area contributed by atoms with Crippen LogP contribution in [0, 0.1) is 12.8 Å². The molecule has 6 heteroatoms. The van der Waals surface area contributed by atoms with Crippen LogP contribution in [0.25, 0.3) is 22.0 Å². The first-order chi connectivity index (χ1) is 16.3. The molecule has 3 aromatic carbocycles. The number of benzene rings is 3. The van der Waals surface area contributed by atoms with Gasteiger partial charge < -0.3 is 10.4 Å². The van der Waals surface area contributed by atoms with Crippen LogP contribution in [0.15, 0.2) is 60.8 Å². The van der Waals surface area contributed by atoms with E-state index >= 15 is 0 Å². The molecule has 3 N–H and O–H groups in total. The number of nitrogens with zero attached hydrogens (tertiary/aromatic N) is 1. The van der Waals surface area contributed by atoms with Crippen molar-refractivity contribution in [2.45, 2.75) is 40.0 Å². The Bertz CT molecular complexity index is 1340. The molecule has 0 radical (unpaired) electrons. The molecule has 1 amide bonds. The second-order valence-electron chi connectivity index (χ2n) is 9.14. The van der Waals surface area contributed by atoms with Crippen molar-refractivity contribution in [2.75, 3.05) is 5.32 Å². The summed E-state index contributed by atoms with van der Waals surface area (Å²) in [5.41, 5.74) is 7.07. The third kappa shape index (κ3) is 5.34. The molecule has 0 atom stereocenters.